The van der Waals surface area contributed by atoms with E-state index in [1.54, 1.807) is 31.2 Å². The molecule has 0 fully saturated rings. The zero-order chi connectivity index (χ0) is 17.6. The second-order valence-corrected chi connectivity index (χ2v) is 7.42. The summed E-state index contributed by atoms with van der Waals surface area (Å²) in [5.74, 6) is 5.61. The van der Waals surface area contributed by atoms with Crippen molar-refractivity contribution in [2.75, 3.05) is 13.1 Å². The average Bonchev–Trinajstić information content (AvgIpc) is 2.59. The van der Waals surface area contributed by atoms with Gasteiger partial charge in [0, 0.05) is 6.54 Å². The minimum absolute atomic E-state index is 0.137. The second kappa shape index (κ2) is 7.96. The Kier molecular flexibility index (Phi) is 5.97. The fraction of sp³-hybridized carbons (Fsp3) is 0.200. The van der Waals surface area contributed by atoms with Crippen LogP contribution in [0.4, 0.5) is 0 Å². The van der Waals surface area contributed by atoms with E-state index >= 15 is 0 Å². The maximum absolute atomic E-state index is 12.9. The molecular weight excluding hydrogens is 318 g/mol. The lowest BCUT2D eigenvalue weighted by molar-refractivity contribution is 0.482. The van der Waals surface area contributed by atoms with Crippen molar-refractivity contribution in [3.8, 4) is 11.8 Å². The van der Waals surface area contributed by atoms with Crippen LogP contribution in [0, 0.1) is 18.8 Å². The van der Waals surface area contributed by atoms with Crippen molar-refractivity contribution in [1.29, 1.82) is 0 Å². The van der Waals surface area contributed by atoms with Crippen molar-refractivity contribution in [2.24, 2.45) is 0 Å². The first-order valence-electron chi connectivity index (χ1n) is 7.65. The van der Waals surface area contributed by atoms with Gasteiger partial charge in [0.1, 0.15) is 0 Å². The van der Waals surface area contributed by atoms with Gasteiger partial charge in [-0.1, -0.05) is 60.5 Å². The Labute approximate surface area is 144 Å². The van der Waals surface area contributed by atoms with Gasteiger partial charge < -0.3 is 0 Å². The van der Waals surface area contributed by atoms with Crippen molar-refractivity contribution in [3.63, 3.8) is 0 Å². The molecule has 0 N–H and O–H groups in total. The Morgan fingerprint density at radius 3 is 2.29 bits per heavy atom. The molecule has 4 heteroatoms. The standard InChI is InChI=1S/C20H21NO2S/c1-4-5-15-21(16-18(3)19-9-7-6-8-10-19)24(22,23)20-13-11-17(2)12-14-20/h6-14H,3,15-16H2,1-2H3. The van der Waals surface area contributed by atoms with Crippen LogP contribution in [0.5, 0.6) is 0 Å². The molecule has 124 valence electrons. The van der Waals surface area contributed by atoms with Gasteiger partial charge in [-0.05, 0) is 37.1 Å². The van der Waals surface area contributed by atoms with Crippen molar-refractivity contribution >= 4 is 15.6 Å². The van der Waals surface area contributed by atoms with Gasteiger partial charge in [0.2, 0.25) is 10.0 Å². The summed E-state index contributed by atoms with van der Waals surface area (Å²) in [5, 5.41) is 0. The molecule has 0 heterocycles. The van der Waals surface area contributed by atoms with Crippen molar-refractivity contribution in [2.45, 2.75) is 18.7 Å². The Hall–Kier alpha value is -2.35. The van der Waals surface area contributed by atoms with E-state index in [-0.39, 0.29) is 18.0 Å². The molecule has 0 saturated carbocycles. The summed E-state index contributed by atoms with van der Waals surface area (Å²) in [7, 11) is -3.62. The molecule has 0 aliphatic carbocycles. The zero-order valence-electron chi connectivity index (χ0n) is 14.0. The first-order chi connectivity index (χ1) is 11.4. The maximum atomic E-state index is 12.9. The number of benzene rings is 2. The van der Waals surface area contributed by atoms with Gasteiger partial charge >= 0.3 is 0 Å². The molecule has 3 nitrogen and oxygen atoms in total. The Balaban J connectivity index is 2.31. The quantitative estimate of drug-likeness (QED) is 0.752. The number of rotatable bonds is 6. The molecular formula is C20H21NO2S. The number of nitrogens with zero attached hydrogens (tertiary/aromatic N) is 1. The maximum Gasteiger partial charge on any atom is 0.244 e. The summed E-state index contributed by atoms with van der Waals surface area (Å²) in [6.45, 7) is 8.00. The fourth-order valence-corrected chi connectivity index (χ4v) is 3.57. The zero-order valence-corrected chi connectivity index (χ0v) is 14.8. The molecule has 0 unspecified atom stereocenters. The highest BCUT2D eigenvalue weighted by Gasteiger charge is 2.24. The van der Waals surface area contributed by atoms with Crippen LogP contribution in [0.25, 0.3) is 5.57 Å². The molecule has 0 aromatic heterocycles. The van der Waals surface area contributed by atoms with Crippen molar-refractivity contribution in [1.82, 2.24) is 4.31 Å². The lowest BCUT2D eigenvalue weighted by Gasteiger charge is -2.21. The van der Waals surface area contributed by atoms with Crippen molar-refractivity contribution < 1.29 is 8.42 Å². The molecule has 0 atom stereocenters. The van der Waals surface area contributed by atoms with E-state index in [1.165, 1.54) is 4.31 Å². The molecule has 0 bridgehead atoms. The third-order valence-electron chi connectivity index (χ3n) is 3.64. The van der Waals surface area contributed by atoms with Gasteiger partial charge in [0.25, 0.3) is 0 Å². The van der Waals surface area contributed by atoms with E-state index in [0.717, 1.165) is 16.7 Å². The first kappa shape index (κ1) is 18.0. The minimum Gasteiger partial charge on any atom is -0.207 e. The van der Waals surface area contributed by atoms with Crippen LogP contribution in [-0.4, -0.2) is 25.8 Å². The lowest BCUT2D eigenvalue weighted by atomic mass is 10.1. The monoisotopic (exact) mass is 339 g/mol. The SMILES string of the molecule is C=C(CN(CC#CC)S(=O)(=O)c1ccc(C)cc1)c1ccccc1. The van der Waals surface area contributed by atoms with Crippen LogP contribution < -0.4 is 0 Å². The highest BCUT2D eigenvalue weighted by Crippen LogP contribution is 2.20. The molecule has 2 aromatic carbocycles. The molecule has 2 aromatic rings. The molecule has 0 radical (unpaired) electrons. The summed E-state index contributed by atoms with van der Waals surface area (Å²) < 4.78 is 27.2. The average molecular weight is 339 g/mol. The Morgan fingerprint density at radius 2 is 1.71 bits per heavy atom. The molecule has 24 heavy (non-hydrogen) atoms. The smallest absolute Gasteiger partial charge is 0.207 e. The molecule has 0 aliphatic rings. The molecule has 0 saturated heterocycles. The molecule has 2 rings (SSSR count). The van der Waals surface area contributed by atoms with Gasteiger partial charge in [0.15, 0.2) is 0 Å². The van der Waals surface area contributed by atoms with Crippen LogP contribution in [0.15, 0.2) is 66.1 Å². The highest BCUT2D eigenvalue weighted by molar-refractivity contribution is 7.89. The van der Waals surface area contributed by atoms with Crippen LogP contribution >= 0.6 is 0 Å². The van der Waals surface area contributed by atoms with E-state index in [0.29, 0.717) is 0 Å². The Bertz CT molecular complexity index is 857. The normalized spacial score (nSPS) is 11.0. The van der Waals surface area contributed by atoms with Crippen LogP contribution in [0.3, 0.4) is 0 Å². The molecule has 0 amide bonds. The number of aryl methyl sites for hydroxylation is 1. The molecule has 0 aliphatic heterocycles. The van der Waals surface area contributed by atoms with Gasteiger partial charge in [-0.25, -0.2) is 8.42 Å². The third kappa shape index (κ3) is 4.35. The summed E-state index contributed by atoms with van der Waals surface area (Å²) in [6.07, 6.45) is 0. The van der Waals surface area contributed by atoms with Gasteiger partial charge in [-0.15, -0.1) is 5.92 Å². The lowest BCUT2D eigenvalue weighted by Crippen LogP contribution is -2.33. The predicted molar refractivity (Wildman–Crippen MR) is 98.9 cm³/mol. The first-order valence-corrected chi connectivity index (χ1v) is 9.09. The highest BCUT2D eigenvalue weighted by atomic mass is 32.2. The minimum atomic E-state index is -3.62. The fourth-order valence-electron chi connectivity index (χ4n) is 2.23. The molecule has 0 spiro atoms. The summed E-state index contributed by atoms with van der Waals surface area (Å²) >= 11 is 0. The van der Waals surface area contributed by atoms with Gasteiger partial charge in [0.05, 0.1) is 11.4 Å². The van der Waals surface area contributed by atoms with Crippen molar-refractivity contribution in [3.05, 3.63) is 72.3 Å². The van der Waals surface area contributed by atoms with E-state index in [9.17, 15) is 8.42 Å². The summed E-state index contributed by atoms with van der Waals surface area (Å²) in [5.41, 5.74) is 2.68. The van der Waals surface area contributed by atoms with Crippen LogP contribution in [0.2, 0.25) is 0 Å². The van der Waals surface area contributed by atoms with E-state index < -0.39 is 10.0 Å². The van der Waals surface area contributed by atoms with E-state index in [2.05, 4.69) is 18.4 Å². The van der Waals surface area contributed by atoms with Gasteiger partial charge in [-0.3, -0.25) is 0 Å². The van der Waals surface area contributed by atoms with Gasteiger partial charge in [-0.2, -0.15) is 4.31 Å². The van der Waals surface area contributed by atoms with Crippen LogP contribution in [0.1, 0.15) is 18.1 Å². The Morgan fingerprint density at radius 1 is 1.08 bits per heavy atom. The number of hydrogen-bond acceptors (Lipinski definition) is 2. The van der Waals surface area contributed by atoms with E-state index in [4.69, 9.17) is 0 Å². The topological polar surface area (TPSA) is 37.4 Å². The second-order valence-electron chi connectivity index (χ2n) is 5.48. The largest absolute Gasteiger partial charge is 0.244 e. The number of hydrogen-bond donors (Lipinski definition) is 0. The third-order valence-corrected chi connectivity index (χ3v) is 5.45. The van der Waals surface area contributed by atoms with Crippen LogP contribution in [-0.2, 0) is 10.0 Å². The summed E-state index contributed by atoms with van der Waals surface area (Å²) in [4.78, 5) is 0.270. The van der Waals surface area contributed by atoms with E-state index in [1.807, 2.05) is 37.3 Å². The summed E-state index contributed by atoms with van der Waals surface area (Å²) in [6, 6.07) is 16.4. The number of sulfonamides is 1. The predicted octanol–water partition coefficient (Wildman–Crippen LogP) is 3.72.